The van der Waals surface area contributed by atoms with E-state index in [-0.39, 0.29) is 28.0 Å². The minimum Gasteiger partial charge on any atom is -0.477 e. The number of carbonyl (C=O) groups excluding carboxylic acids is 1. The molecule has 96 valence electrons. The SMILES string of the molecule is O=C(O)C[NH+]1N=C(C(F)(F)F)C2=C1C(=O)C1CC21. The van der Waals surface area contributed by atoms with Gasteiger partial charge in [0.25, 0.3) is 0 Å². The lowest BCUT2D eigenvalue weighted by molar-refractivity contribution is -0.852. The number of hydrogen-bond acceptors (Lipinski definition) is 3. The van der Waals surface area contributed by atoms with Crippen molar-refractivity contribution in [3.05, 3.63) is 11.3 Å². The number of ketones is 1. The van der Waals surface area contributed by atoms with Crippen LogP contribution >= 0.6 is 0 Å². The molecule has 2 N–H and O–H groups in total. The van der Waals surface area contributed by atoms with Crippen LogP contribution < -0.4 is 5.01 Å². The standard InChI is InChI=1S/C10H7F3N2O3/c11-10(12,13)9-6-3-1-4(3)8(18)7(6)15(14-9)2-5(16)17/h3-4H,1-2H2,(H,16,17)/p+1. The Morgan fingerprint density at radius 3 is 2.67 bits per heavy atom. The number of nitrogens with one attached hydrogen (secondary N) is 1. The van der Waals surface area contributed by atoms with E-state index in [0.717, 1.165) is 0 Å². The normalized spacial score (nSPS) is 33.4. The molecule has 0 aromatic rings. The van der Waals surface area contributed by atoms with E-state index in [1.165, 1.54) is 0 Å². The second-order valence-corrected chi connectivity index (χ2v) is 4.58. The van der Waals surface area contributed by atoms with Crippen molar-refractivity contribution < 1.29 is 32.9 Å². The molecule has 3 atom stereocenters. The van der Waals surface area contributed by atoms with Gasteiger partial charge in [0.05, 0.1) is 5.57 Å². The van der Waals surface area contributed by atoms with Gasteiger partial charge >= 0.3 is 12.1 Å². The summed E-state index contributed by atoms with van der Waals surface area (Å²) in [5, 5.41) is 11.7. The van der Waals surface area contributed by atoms with Crippen LogP contribution in [0.4, 0.5) is 13.2 Å². The van der Waals surface area contributed by atoms with Crippen LogP contribution in [0, 0.1) is 11.8 Å². The molecule has 5 nitrogen and oxygen atoms in total. The lowest BCUT2D eigenvalue weighted by Crippen LogP contribution is -3.06. The molecule has 2 aliphatic carbocycles. The fourth-order valence-corrected chi connectivity index (χ4v) is 2.64. The van der Waals surface area contributed by atoms with Crippen molar-refractivity contribution in [1.82, 2.24) is 0 Å². The zero-order valence-corrected chi connectivity index (χ0v) is 8.91. The quantitative estimate of drug-likeness (QED) is 0.694. The maximum Gasteiger partial charge on any atom is 0.439 e. The molecule has 0 spiro atoms. The summed E-state index contributed by atoms with van der Waals surface area (Å²) in [4.78, 5) is 22.4. The first-order valence-corrected chi connectivity index (χ1v) is 5.33. The van der Waals surface area contributed by atoms with Gasteiger partial charge in [0, 0.05) is 11.8 Å². The van der Waals surface area contributed by atoms with Gasteiger partial charge in [-0.2, -0.15) is 18.2 Å². The molecule has 0 bridgehead atoms. The number of Topliss-reactive ketones (excluding diaryl/α,β-unsaturated/α-hetero) is 1. The molecular formula is C10H8F3N2O3+. The van der Waals surface area contributed by atoms with Crippen LogP contribution in [0.2, 0.25) is 0 Å². The number of rotatable bonds is 2. The van der Waals surface area contributed by atoms with Crippen LogP contribution in [0.3, 0.4) is 0 Å². The number of carboxylic acid groups (broad SMARTS) is 1. The van der Waals surface area contributed by atoms with Crippen molar-refractivity contribution in [2.75, 3.05) is 6.54 Å². The summed E-state index contributed by atoms with van der Waals surface area (Å²) in [7, 11) is 0. The third-order valence-electron chi connectivity index (χ3n) is 3.39. The van der Waals surface area contributed by atoms with Crippen molar-refractivity contribution in [3.63, 3.8) is 0 Å². The average Bonchev–Trinajstić information content (AvgIpc) is 2.83. The van der Waals surface area contributed by atoms with Gasteiger partial charge in [-0.1, -0.05) is 5.10 Å². The lowest BCUT2D eigenvalue weighted by Gasteiger charge is -2.07. The third-order valence-corrected chi connectivity index (χ3v) is 3.39. The lowest BCUT2D eigenvalue weighted by atomic mass is 10.1. The zero-order chi connectivity index (χ0) is 13.2. The number of carbonyl (C=O) groups is 2. The Kier molecular flexibility index (Phi) is 2.02. The summed E-state index contributed by atoms with van der Waals surface area (Å²) >= 11 is 0. The van der Waals surface area contributed by atoms with Crippen molar-refractivity contribution in [2.24, 2.45) is 16.9 Å². The largest absolute Gasteiger partial charge is 0.477 e. The molecule has 1 fully saturated rings. The molecule has 0 aromatic heterocycles. The smallest absolute Gasteiger partial charge is 0.439 e. The highest BCUT2D eigenvalue weighted by Gasteiger charge is 2.65. The van der Waals surface area contributed by atoms with E-state index in [1.807, 2.05) is 0 Å². The fourth-order valence-electron chi connectivity index (χ4n) is 2.64. The molecule has 8 heteroatoms. The highest BCUT2D eigenvalue weighted by molar-refractivity contribution is 6.17. The van der Waals surface area contributed by atoms with Gasteiger partial charge in [0.1, 0.15) is 0 Å². The Balaban J connectivity index is 2.04. The van der Waals surface area contributed by atoms with Crippen molar-refractivity contribution in [3.8, 4) is 0 Å². The summed E-state index contributed by atoms with van der Waals surface area (Å²) in [6, 6.07) is 0. The van der Waals surface area contributed by atoms with Crippen LogP contribution in [0.15, 0.2) is 16.4 Å². The minimum atomic E-state index is -4.64. The van der Waals surface area contributed by atoms with Gasteiger partial charge in [-0.05, 0) is 6.42 Å². The summed E-state index contributed by atoms with van der Waals surface area (Å²) in [6.07, 6.45) is -4.22. The van der Waals surface area contributed by atoms with Crippen molar-refractivity contribution >= 4 is 17.5 Å². The number of quaternary nitrogens is 1. The van der Waals surface area contributed by atoms with Crippen molar-refractivity contribution in [2.45, 2.75) is 12.6 Å². The first-order chi connectivity index (χ1) is 8.30. The maximum absolute atomic E-state index is 12.8. The predicted octanol–water partition coefficient (Wildman–Crippen LogP) is -0.639. The van der Waals surface area contributed by atoms with Gasteiger partial charge in [0.15, 0.2) is 0 Å². The van der Waals surface area contributed by atoms with Crippen molar-refractivity contribution in [1.29, 1.82) is 0 Å². The summed E-state index contributed by atoms with van der Waals surface area (Å²) in [5.41, 5.74) is -1.24. The minimum absolute atomic E-state index is 0.0752. The molecule has 18 heavy (non-hydrogen) atoms. The highest BCUT2D eigenvalue weighted by atomic mass is 19.4. The first-order valence-electron chi connectivity index (χ1n) is 5.33. The Hall–Kier alpha value is -1.70. The summed E-state index contributed by atoms with van der Waals surface area (Å²) < 4.78 is 38.4. The molecule has 3 aliphatic rings. The molecule has 1 saturated carbocycles. The first kappa shape index (κ1) is 11.4. The zero-order valence-electron chi connectivity index (χ0n) is 8.91. The number of allylic oxidation sites excluding steroid dienone is 2. The molecule has 3 rings (SSSR count). The van der Waals surface area contributed by atoms with Gasteiger partial charge < -0.3 is 5.11 Å². The van der Waals surface area contributed by atoms with E-state index in [0.29, 0.717) is 6.42 Å². The second kappa shape index (κ2) is 3.19. The number of nitrogens with zero attached hydrogens (tertiary/aromatic N) is 1. The monoisotopic (exact) mass is 261 g/mol. The molecule has 0 amide bonds. The summed E-state index contributed by atoms with van der Waals surface area (Å²) in [6.45, 7) is -0.649. The summed E-state index contributed by atoms with van der Waals surface area (Å²) in [5.74, 6) is -2.46. The van der Waals surface area contributed by atoms with Crippen LogP contribution in [-0.4, -0.2) is 35.3 Å². The van der Waals surface area contributed by atoms with E-state index in [9.17, 15) is 22.8 Å². The van der Waals surface area contributed by atoms with E-state index >= 15 is 0 Å². The maximum atomic E-state index is 12.8. The molecule has 0 saturated heterocycles. The molecule has 0 aromatic carbocycles. The van der Waals surface area contributed by atoms with Gasteiger partial charge in [-0.25, -0.2) is 4.79 Å². The second-order valence-electron chi connectivity index (χ2n) is 4.58. The molecule has 1 aliphatic heterocycles. The fraction of sp³-hybridized carbons (Fsp3) is 0.500. The number of fused-ring (bicyclic) bond motifs is 2. The van der Waals surface area contributed by atoms with Gasteiger partial charge in [-0.3, -0.25) is 4.79 Å². The van der Waals surface area contributed by atoms with E-state index in [2.05, 4.69) is 5.10 Å². The predicted molar refractivity (Wildman–Crippen MR) is 50.6 cm³/mol. The van der Waals surface area contributed by atoms with Crippen LogP contribution in [0.25, 0.3) is 0 Å². The Bertz CT molecular complexity index is 535. The van der Waals surface area contributed by atoms with Crippen LogP contribution in [0.5, 0.6) is 0 Å². The van der Waals surface area contributed by atoms with E-state index in [4.69, 9.17) is 5.11 Å². The topological polar surface area (TPSA) is 71.2 Å². The van der Waals surface area contributed by atoms with E-state index < -0.39 is 30.3 Å². The average molecular weight is 261 g/mol. The Morgan fingerprint density at radius 1 is 1.44 bits per heavy atom. The Morgan fingerprint density at radius 2 is 2.11 bits per heavy atom. The number of alkyl halides is 3. The molecule has 1 heterocycles. The van der Waals surface area contributed by atoms with Gasteiger partial charge in [0.2, 0.25) is 23.7 Å². The molecule has 0 radical (unpaired) electrons. The van der Waals surface area contributed by atoms with Crippen LogP contribution in [-0.2, 0) is 9.59 Å². The Labute approximate surface area is 98.6 Å². The third kappa shape index (κ3) is 1.41. The highest BCUT2D eigenvalue weighted by Crippen LogP contribution is 2.54. The van der Waals surface area contributed by atoms with Crippen LogP contribution in [0.1, 0.15) is 6.42 Å². The number of carboxylic acids is 1. The molecule has 3 unspecified atom stereocenters. The molecular weight excluding hydrogens is 253 g/mol. The van der Waals surface area contributed by atoms with E-state index in [1.54, 1.807) is 0 Å². The van der Waals surface area contributed by atoms with Gasteiger partial charge in [-0.15, -0.1) is 0 Å². The number of hydrogen-bond donors (Lipinski definition) is 2. The number of halogens is 3. The number of aliphatic carboxylic acids is 1.